The van der Waals surface area contributed by atoms with Crippen LogP contribution in [0.5, 0.6) is 0 Å². The average molecular weight is 208 g/mol. The fourth-order valence-corrected chi connectivity index (χ4v) is 2.98. The van der Waals surface area contributed by atoms with E-state index >= 15 is 0 Å². The molecule has 1 saturated heterocycles. The van der Waals surface area contributed by atoms with Gasteiger partial charge in [-0.05, 0) is 25.7 Å². The van der Waals surface area contributed by atoms with Gasteiger partial charge in [-0.1, -0.05) is 18.9 Å². The maximum Gasteiger partial charge on any atom is 0.139 e. The Morgan fingerprint density at radius 3 is 2.87 bits per heavy atom. The van der Waals surface area contributed by atoms with Crippen molar-refractivity contribution in [2.45, 2.75) is 50.5 Å². The van der Waals surface area contributed by atoms with Gasteiger partial charge >= 0.3 is 0 Å². The quantitative estimate of drug-likeness (QED) is 0.667. The highest BCUT2D eigenvalue weighted by Gasteiger charge is 2.41. The minimum atomic E-state index is 0.0692. The number of rotatable bonds is 3. The molecule has 1 aliphatic carbocycles. The molecule has 2 fully saturated rings. The van der Waals surface area contributed by atoms with Crippen molar-refractivity contribution < 1.29 is 9.53 Å². The largest absolute Gasteiger partial charge is 0.375 e. The zero-order chi connectivity index (χ0) is 10.7. The standard InChI is InChI=1S/C13H20O2/c1-2-5-12(14)11-6-9-15-13(10-11)7-3-4-8-13/h2,11H,1,3-10H2. The fraction of sp³-hybridized carbons (Fsp3) is 0.769. The van der Waals surface area contributed by atoms with Crippen LogP contribution in [0, 0.1) is 5.92 Å². The summed E-state index contributed by atoms with van der Waals surface area (Å²) in [5.74, 6) is 0.592. The maximum atomic E-state index is 11.8. The van der Waals surface area contributed by atoms with E-state index in [2.05, 4.69) is 6.58 Å². The highest BCUT2D eigenvalue weighted by atomic mass is 16.5. The minimum absolute atomic E-state index is 0.0692. The molecule has 0 amide bonds. The second-order valence-electron chi connectivity index (χ2n) is 4.89. The number of hydrogen-bond donors (Lipinski definition) is 0. The van der Waals surface area contributed by atoms with Crippen LogP contribution >= 0.6 is 0 Å². The van der Waals surface area contributed by atoms with Crippen LogP contribution in [0.4, 0.5) is 0 Å². The lowest BCUT2D eigenvalue weighted by atomic mass is 9.81. The van der Waals surface area contributed by atoms with E-state index in [0.29, 0.717) is 12.2 Å². The van der Waals surface area contributed by atoms with Gasteiger partial charge < -0.3 is 4.74 Å². The Morgan fingerprint density at radius 1 is 1.47 bits per heavy atom. The molecule has 0 radical (unpaired) electrons. The predicted octanol–water partition coefficient (Wildman–Crippen LogP) is 2.87. The number of hydrogen-bond acceptors (Lipinski definition) is 2. The van der Waals surface area contributed by atoms with E-state index < -0.39 is 0 Å². The third-order valence-corrected chi connectivity index (χ3v) is 3.81. The first-order chi connectivity index (χ1) is 7.26. The molecule has 1 atom stereocenters. The third-order valence-electron chi connectivity index (χ3n) is 3.81. The summed E-state index contributed by atoms with van der Waals surface area (Å²) in [6, 6.07) is 0. The van der Waals surface area contributed by atoms with E-state index in [9.17, 15) is 4.79 Å². The molecule has 1 unspecified atom stereocenters. The summed E-state index contributed by atoms with van der Waals surface area (Å²) in [4.78, 5) is 11.8. The molecule has 1 spiro atoms. The van der Waals surface area contributed by atoms with Crippen LogP contribution in [0.2, 0.25) is 0 Å². The maximum absolute atomic E-state index is 11.8. The van der Waals surface area contributed by atoms with Crippen molar-refractivity contribution >= 4 is 5.78 Å². The van der Waals surface area contributed by atoms with Gasteiger partial charge in [0.25, 0.3) is 0 Å². The lowest BCUT2D eigenvalue weighted by molar-refractivity contribution is -0.135. The van der Waals surface area contributed by atoms with Crippen LogP contribution in [0.15, 0.2) is 12.7 Å². The first kappa shape index (κ1) is 10.9. The number of carbonyl (C=O) groups is 1. The van der Waals surface area contributed by atoms with E-state index in [0.717, 1.165) is 32.3 Å². The van der Waals surface area contributed by atoms with Crippen LogP contribution in [0.3, 0.4) is 0 Å². The van der Waals surface area contributed by atoms with E-state index in [1.807, 2.05) is 0 Å². The highest BCUT2D eigenvalue weighted by Crippen LogP contribution is 2.42. The summed E-state index contributed by atoms with van der Waals surface area (Å²) < 4.78 is 5.91. The van der Waals surface area contributed by atoms with E-state index in [4.69, 9.17) is 4.74 Å². The number of allylic oxidation sites excluding steroid dienone is 1. The Hall–Kier alpha value is -0.630. The third kappa shape index (κ3) is 2.31. The van der Waals surface area contributed by atoms with E-state index in [1.54, 1.807) is 6.08 Å². The van der Waals surface area contributed by atoms with Gasteiger partial charge in [-0.15, -0.1) is 6.58 Å². The molecule has 1 saturated carbocycles. The summed E-state index contributed by atoms with van der Waals surface area (Å²) in [6.45, 7) is 4.40. The summed E-state index contributed by atoms with van der Waals surface area (Å²) in [6.07, 6.45) is 8.97. The Balaban J connectivity index is 1.97. The van der Waals surface area contributed by atoms with Crippen LogP contribution in [0.1, 0.15) is 44.9 Å². The summed E-state index contributed by atoms with van der Waals surface area (Å²) in [7, 11) is 0. The molecule has 0 aromatic rings. The smallest absolute Gasteiger partial charge is 0.139 e. The Morgan fingerprint density at radius 2 is 2.20 bits per heavy atom. The van der Waals surface area contributed by atoms with Crippen molar-refractivity contribution in [3.05, 3.63) is 12.7 Å². The van der Waals surface area contributed by atoms with Crippen LogP contribution < -0.4 is 0 Å². The fourth-order valence-electron chi connectivity index (χ4n) is 2.98. The van der Waals surface area contributed by atoms with E-state index in [1.165, 1.54) is 12.8 Å². The molecule has 0 N–H and O–H groups in total. The monoisotopic (exact) mass is 208 g/mol. The van der Waals surface area contributed by atoms with Crippen LogP contribution in [-0.4, -0.2) is 18.0 Å². The minimum Gasteiger partial charge on any atom is -0.375 e. The molecule has 0 bridgehead atoms. The molecule has 1 heterocycles. The van der Waals surface area contributed by atoms with Crippen molar-refractivity contribution in [3.63, 3.8) is 0 Å². The van der Waals surface area contributed by atoms with Crippen molar-refractivity contribution in [3.8, 4) is 0 Å². The Bertz CT molecular complexity index is 251. The first-order valence-corrected chi connectivity index (χ1v) is 6.03. The normalized spacial score (nSPS) is 29.2. The van der Waals surface area contributed by atoms with Gasteiger partial charge in [0.1, 0.15) is 5.78 Å². The van der Waals surface area contributed by atoms with Crippen LogP contribution in [0.25, 0.3) is 0 Å². The number of ketones is 1. The molecule has 2 rings (SSSR count). The SMILES string of the molecule is C=CCC(=O)C1CCOC2(CCCC2)C1. The summed E-state index contributed by atoms with van der Waals surface area (Å²) >= 11 is 0. The Labute approximate surface area is 91.7 Å². The van der Waals surface area contributed by atoms with Gasteiger partial charge in [-0.25, -0.2) is 0 Å². The average Bonchev–Trinajstić information content (AvgIpc) is 2.67. The lowest BCUT2D eigenvalue weighted by Gasteiger charge is -2.37. The molecule has 2 nitrogen and oxygen atoms in total. The molecule has 2 heteroatoms. The van der Waals surface area contributed by atoms with Crippen molar-refractivity contribution in [1.29, 1.82) is 0 Å². The van der Waals surface area contributed by atoms with Gasteiger partial charge in [0.05, 0.1) is 5.60 Å². The molecule has 1 aliphatic heterocycles. The molecular weight excluding hydrogens is 188 g/mol. The zero-order valence-corrected chi connectivity index (χ0v) is 9.34. The number of carbonyl (C=O) groups excluding carboxylic acids is 1. The molecular formula is C13H20O2. The molecule has 15 heavy (non-hydrogen) atoms. The number of Topliss-reactive ketones (excluding diaryl/α,β-unsaturated/α-hetero) is 1. The van der Waals surface area contributed by atoms with E-state index in [-0.39, 0.29) is 11.5 Å². The molecule has 0 aromatic heterocycles. The molecule has 0 aromatic carbocycles. The lowest BCUT2D eigenvalue weighted by Crippen LogP contribution is -2.39. The van der Waals surface area contributed by atoms with Crippen molar-refractivity contribution in [2.24, 2.45) is 5.92 Å². The van der Waals surface area contributed by atoms with Gasteiger partial charge in [-0.2, -0.15) is 0 Å². The zero-order valence-electron chi connectivity index (χ0n) is 9.34. The van der Waals surface area contributed by atoms with Gasteiger partial charge in [0.15, 0.2) is 0 Å². The molecule has 2 aliphatic rings. The van der Waals surface area contributed by atoms with Gasteiger partial charge in [-0.3, -0.25) is 4.79 Å². The van der Waals surface area contributed by atoms with Crippen molar-refractivity contribution in [1.82, 2.24) is 0 Å². The second-order valence-corrected chi connectivity index (χ2v) is 4.89. The van der Waals surface area contributed by atoms with Crippen molar-refractivity contribution in [2.75, 3.05) is 6.61 Å². The highest BCUT2D eigenvalue weighted by molar-refractivity contribution is 5.82. The number of ether oxygens (including phenoxy) is 1. The predicted molar refractivity (Wildman–Crippen MR) is 59.7 cm³/mol. The summed E-state index contributed by atoms with van der Waals surface area (Å²) in [5, 5.41) is 0. The summed E-state index contributed by atoms with van der Waals surface area (Å²) in [5.41, 5.74) is 0.0692. The van der Waals surface area contributed by atoms with Gasteiger partial charge in [0, 0.05) is 18.9 Å². The Kier molecular flexibility index (Phi) is 3.25. The van der Waals surface area contributed by atoms with Crippen LogP contribution in [-0.2, 0) is 9.53 Å². The topological polar surface area (TPSA) is 26.3 Å². The van der Waals surface area contributed by atoms with Gasteiger partial charge in [0.2, 0.25) is 0 Å². The molecule has 84 valence electrons. The first-order valence-electron chi connectivity index (χ1n) is 6.03. The second kappa shape index (κ2) is 4.48.